The predicted octanol–water partition coefficient (Wildman–Crippen LogP) is 0.300. The van der Waals surface area contributed by atoms with Crippen LogP contribution in [0.2, 0.25) is 0 Å². The molecule has 1 N–H and O–H groups in total. The minimum atomic E-state index is -0.442. The van der Waals surface area contributed by atoms with Crippen molar-refractivity contribution in [2.45, 2.75) is 18.9 Å². The molecular formula is C11H16N4O. The number of hydrogen-bond acceptors (Lipinski definition) is 3. The lowest BCUT2D eigenvalue weighted by atomic mass is 10.1. The summed E-state index contributed by atoms with van der Waals surface area (Å²) in [4.78, 5) is 8.37. The maximum absolute atomic E-state index is 9.94. The van der Waals surface area contributed by atoms with Gasteiger partial charge < -0.3 is 14.2 Å². The second kappa shape index (κ2) is 4.49. The zero-order chi connectivity index (χ0) is 11.5. The summed E-state index contributed by atoms with van der Waals surface area (Å²) in [5.74, 6) is 1.78. The van der Waals surface area contributed by atoms with Crippen LogP contribution in [-0.2, 0) is 26.9 Å². The lowest BCUT2D eigenvalue weighted by molar-refractivity contribution is 0.168. The molecule has 0 aliphatic heterocycles. The number of aromatic nitrogens is 4. The Bertz CT molecular complexity index is 418. The number of hydrogen-bond donors (Lipinski definition) is 1. The maximum atomic E-state index is 9.94. The molecule has 2 aromatic heterocycles. The number of rotatable bonds is 4. The molecule has 5 nitrogen and oxygen atoms in total. The van der Waals surface area contributed by atoms with E-state index < -0.39 is 6.10 Å². The normalized spacial score (nSPS) is 11.2. The Kier molecular flexibility index (Phi) is 3.05. The van der Waals surface area contributed by atoms with Crippen molar-refractivity contribution in [2.75, 3.05) is 0 Å². The van der Waals surface area contributed by atoms with Crippen molar-refractivity contribution < 1.29 is 5.11 Å². The highest BCUT2D eigenvalue weighted by molar-refractivity contribution is 4.98. The third kappa shape index (κ3) is 2.30. The van der Waals surface area contributed by atoms with Crippen LogP contribution in [0.5, 0.6) is 0 Å². The van der Waals surface area contributed by atoms with Gasteiger partial charge in [-0.3, -0.25) is 0 Å². The number of aryl methyl sites for hydroxylation is 2. The van der Waals surface area contributed by atoms with Gasteiger partial charge in [0.25, 0.3) is 0 Å². The van der Waals surface area contributed by atoms with Crippen LogP contribution in [0.25, 0.3) is 0 Å². The van der Waals surface area contributed by atoms with Crippen LogP contribution in [-0.4, -0.2) is 30.3 Å². The van der Waals surface area contributed by atoms with E-state index >= 15 is 0 Å². The maximum Gasteiger partial charge on any atom is 0.110 e. The Morgan fingerprint density at radius 3 is 1.81 bits per heavy atom. The fourth-order valence-electron chi connectivity index (χ4n) is 1.68. The first-order valence-corrected chi connectivity index (χ1v) is 5.27. The van der Waals surface area contributed by atoms with Crippen LogP contribution in [0.4, 0.5) is 0 Å². The van der Waals surface area contributed by atoms with Gasteiger partial charge in [-0.1, -0.05) is 0 Å². The van der Waals surface area contributed by atoms with E-state index in [0.717, 1.165) is 11.6 Å². The Labute approximate surface area is 94.4 Å². The summed E-state index contributed by atoms with van der Waals surface area (Å²) < 4.78 is 3.84. The molecule has 0 fully saturated rings. The second-order valence-electron chi connectivity index (χ2n) is 3.97. The Balaban J connectivity index is 1.97. The third-order valence-electron chi connectivity index (χ3n) is 2.68. The largest absolute Gasteiger partial charge is 0.392 e. The number of aliphatic hydroxyl groups is 1. The molecule has 2 heterocycles. The molecular weight excluding hydrogens is 204 g/mol. The van der Waals surface area contributed by atoms with Crippen LogP contribution in [0, 0.1) is 0 Å². The summed E-state index contributed by atoms with van der Waals surface area (Å²) in [5, 5.41) is 9.94. The van der Waals surface area contributed by atoms with Gasteiger partial charge in [0, 0.05) is 51.7 Å². The fraction of sp³-hybridized carbons (Fsp3) is 0.455. The molecule has 5 heteroatoms. The van der Waals surface area contributed by atoms with Crippen LogP contribution in [0.3, 0.4) is 0 Å². The van der Waals surface area contributed by atoms with Gasteiger partial charge in [-0.2, -0.15) is 0 Å². The van der Waals surface area contributed by atoms with Crippen LogP contribution < -0.4 is 0 Å². The van der Waals surface area contributed by atoms with Crippen molar-refractivity contribution in [1.82, 2.24) is 19.1 Å². The van der Waals surface area contributed by atoms with Gasteiger partial charge in [0.2, 0.25) is 0 Å². The SMILES string of the molecule is Cn1ccnc1CC(O)Cc1nccn1C. The Morgan fingerprint density at radius 2 is 1.50 bits per heavy atom. The average Bonchev–Trinajstić information content (AvgIpc) is 2.79. The monoisotopic (exact) mass is 220 g/mol. The molecule has 2 rings (SSSR count). The molecule has 0 saturated carbocycles. The minimum absolute atomic E-state index is 0.442. The Morgan fingerprint density at radius 1 is 1.06 bits per heavy atom. The summed E-state index contributed by atoms with van der Waals surface area (Å²) >= 11 is 0. The highest BCUT2D eigenvalue weighted by Gasteiger charge is 2.12. The summed E-state index contributed by atoms with van der Waals surface area (Å²) in [6.07, 6.45) is 7.89. The lowest BCUT2D eigenvalue weighted by Gasteiger charge is -2.10. The standard InChI is InChI=1S/C11H16N4O/c1-14-5-3-12-10(14)7-9(16)8-11-13-4-6-15(11)2/h3-6,9,16H,7-8H2,1-2H3. The van der Waals surface area contributed by atoms with Gasteiger partial charge in [0.15, 0.2) is 0 Å². The second-order valence-corrected chi connectivity index (χ2v) is 3.97. The van der Waals surface area contributed by atoms with Crippen molar-refractivity contribution in [3.8, 4) is 0 Å². The molecule has 86 valence electrons. The first kappa shape index (κ1) is 10.9. The van der Waals surface area contributed by atoms with Crippen LogP contribution in [0.1, 0.15) is 11.6 Å². The van der Waals surface area contributed by atoms with Gasteiger partial charge in [0.1, 0.15) is 11.6 Å². The smallest absolute Gasteiger partial charge is 0.110 e. The molecule has 0 atom stereocenters. The summed E-state index contributed by atoms with van der Waals surface area (Å²) in [5.41, 5.74) is 0. The highest BCUT2D eigenvalue weighted by atomic mass is 16.3. The molecule has 0 unspecified atom stereocenters. The zero-order valence-corrected chi connectivity index (χ0v) is 9.54. The fourth-order valence-corrected chi connectivity index (χ4v) is 1.68. The Hall–Kier alpha value is -1.62. The molecule has 2 aromatic rings. The molecule has 16 heavy (non-hydrogen) atoms. The highest BCUT2D eigenvalue weighted by Crippen LogP contribution is 2.05. The van der Waals surface area contributed by atoms with E-state index in [0.29, 0.717) is 12.8 Å². The quantitative estimate of drug-likeness (QED) is 0.806. The number of aliphatic hydroxyl groups excluding tert-OH is 1. The molecule has 0 saturated heterocycles. The van der Waals surface area contributed by atoms with Gasteiger partial charge in [-0.05, 0) is 0 Å². The van der Waals surface area contributed by atoms with E-state index in [1.165, 1.54) is 0 Å². The van der Waals surface area contributed by atoms with E-state index in [1.54, 1.807) is 12.4 Å². The number of nitrogens with zero attached hydrogens (tertiary/aromatic N) is 4. The molecule has 0 spiro atoms. The lowest BCUT2D eigenvalue weighted by Crippen LogP contribution is -2.18. The third-order valence-corrected chi connectivity index (χ3v) is 2.68. The topological polar surface area (TPSA) is 55.9 Å². The van der Waals surface area contributed by atoms with Crippen LogP contribution >= 0.6 is 0 Å². The molecule has 0 aliphatic carbocycles. The molecule has 0 aromatic carbocycles. The van der Waals surface area contributed by atoms with E-state index in [9.17, 15) is 5.11 Å². The summed E-state index contributed by atoms with van der Waals surface area (Å²) in [6, 6.07) is 0. The van der Waals surface area contributed by atoms with Crippen molar-refractivity contribution in [1.29, 1.82) is 0 Å². The number of imidazole rings is 2. The van der Waals surface area contributed by atoms with E-state index in [-0.39, 0.29) is 0 Å². The summed E-state index contributed by atoms with van der Waals surface area (Å²) in [7, 11) is 3.85. The first-order chi connectivity index (χ1) is 7.66. The predicted molar refractivity (Wildman–Crippen MR) is 59.8 cm³/mol. The molecule has 0 amide bonds. The van der Waals surface area contributed by atoms with E-state index in [2.05, 4.69) is 9.97 Å². The molecule has 0 aliphatic rings. The van der Waals surface area contributed by atoms with Gasteiger partial charge in [-0.15, -0.1) is 0 Å². The van der Waals surface area contributed by atoms with Crippen molar-refractivity contribution in [3.63, 3.8) is 0 Å². The zero-order valence-electron chi connectivity index (χ0n) is 9.54. The van der Waals surface area contributed by atoms with Crippen molar-refractivity contribution in [2.24, 2.45) is 14.1 Å². The first-order valence-electron chi connectivity index (χ1n) is 5.27. The van der Waals surface area contributed by atoms with E-state index in [1.807, 2.05) is 35.6 Å². The molecule has 0 radical (unpaired) electrons. The summed E-state index contributed by atoms with van der Waals surface area (Å²) in [6.45, 7) is 0. The average molecular weight is 220 g/mol. The van der Waals surface area contributed by atoms with Crippen molar-refractivity contribution >= 4 is 0 Å². The minimum Gasteiger partial charge on any atom is -0.392 e. The van der Waals surface area contributed by atoms with Crippen molar-refractivity contribution in [3.05, 3.63) is 36.4 Å². The van der Waals surface area contributed by atoms with Gasteiger partial charge in [-0.25, -0.2) is 9.97 Å². The van der Waals surface area contributed by atoms with Crippen LogP contribution in [0.15, 0.2) is 24.8 Å². The van der Waals surface area contributed by atoms with E-state index in [4.69, 9.17) is 0 Å². The van der Waals surface area contributed by atoms with Gasteiger partial charge in [0.05, 0.1) is 6.10 Å². The van der Waals surface area contributed by atoms with Gasteiger partial charge >= 0.3 is 0 Å². The molecule has 0 bridgehead atoms.